The van der Waals surface area contributed by atoms with Gasteiger partial charge in [-0.2, -0.15) is 10.4 Å². The van der Waals surface area contributed by atoms with Gasteiger partial charge in [0.1, 0.15) is 0 Å². The summed E-state index contributed by atoms with van der Waals surface area (Å²) in [7, 11) is 1.44. The monoisotopic (exact) mass is 396 g/mol. The van der Waals surface area contributed by atoms with E-state index in [1.807, 2.05) is 11.8 Å². The number of ether oxygens (including phenoxy) is 1. The number of fused-ring (bicyclic) bond motifs is 1. The molecule has 7 heteroatoms. The van der Waals surface area contributed by atoms with E-state index >= 15 is 0 Å². The number of aromatic amines is 1. The average Bonchev–Trinajstić information content (AvgIpc) is 3.12. The van der Waals surface area contributed by atoms with Crippen molar-refractivity contribution in [3.63, 3.8) is 0 Å². The maximum absolute atomic E-state index is 14.8. The maximum Gasteiger partial charge on any atom is 0.223 e. The first kappa shape index (κ1) is 18.4. The molecule has 4 bridgehead atoms. The molecule has 4 fully saturated rings. The van der Waals surface area contributed by atoms with Gasteiger partial charge in [-0.05, 0) is 50.2 Å². The van der Waals surface area contributed by atoms with Gasteiger partial charge in [-0.25, -0.2) is 4.39 Å². The fourth-order valence-corrected chi connectivity index (χ4v) is 6.23. The van der Waals surface area contributed by atoms with Crippen molar-refractivity contribution in [1.29, 1.82) is 5.26 Å². The Balaban J connectivity index is 1.38. The first-order valence-electron chi connectivity index (χ1n) is 10.4. The van der Waals surface area contributed by atoms with E-state index in [9.17, 15) is 14.4 Å². The lowest BCUT2D eigenvalue weighted by Crippen LogP contribution is -2.63. The summed E-state index contributed by atoms with van der Waals surface area (Å²) in [6.07, 6.45) is 4.90. The number of nitrogens with one attached hydrogen (secondary N) is 1. The Hall–Kier alpha value is -2.62. The Morgan fingerprint density at radius 1 is 1.41 bits per heavy atom. The number of hydrogen-bond acceptors (Lipinski definition) is 4. The van der Waals surface area contributed by atoms with E-state index in [0.717, 1.165) is 32.1 Å². The van der Waals surface area contributed by atoms with Crippen LogP contribution in [0.1, 0.15) is 57.1 Å². The highest BCUT2D eigenvalue weighted by atomic mass is 19.1. The van der Waals surface area contributed by atoms with Gasteiger partial charge in [0.25, 0.3) is 0 Å². The van der Waals surface area contributed by atoms with Crippen molar-refractivity contribution in [1.82, 2.24) is 15.1 Å². The minimum absolute atomic E-state index is 0.0962. The maximum atomic E-state index is 14.8. The number of carbonyl (C=O) groups is 1. The third-order valence-electron chi connectivity index (χ3n) is 7.28. The van der Waals surface area contributed by atoms with Gasteiger partial charge in [0, 0.05) is 24.4 Å². The molecule has 29 heavy (non-hydrogen) atoms. The highest BCUT2D eigenvalue weighted by Gasteiger charge is 2.56. The van der Waals surface area contributed by atoms with Crippen molar-refractivity contribution in [3.8, 4) is 11.8 Å². The lowest BCUT2D eigenvalue weighted by molar-refractivity contribution is -0.153. The number of nitrogens with zero attached hydrogens (tertiary/aromatic N) is 3. The first-order valence-corrected chi connectivity index (χ1v) is 10.4. The zero-order chi connectivity index (χ0) is 20.3. The molecule has 6 nitrogen and oxygen atoms in total. The van der Waals surface area contributed by atoms with Crippen molar-refractivity contribution in [2.75, 3.05) is 7.11 Å². The molecule has 1 aromatic heterocycles. The molecule has 0 spiro atoms. The van der Waals surface area contributed by atoms with Gasteiger partial charge in [-0.3, -0.25) is 9.89 Å². The van der Waals surface area contributed by atoms with E-state index in [4.69, 9.17) is 4.74 Å². The number of rotatable bonds is 4. The smallest absolute Gasteiger partial charge is 0.223 e. The summed E-state index contributed by atoms with van der Waals surface area (Å²) < 4.78 is 19.9. The van der Waals surface area contributed by atoms with Crippen LogP contribution >= 0.6 is 0 Å². The zero-order valence-corrected chi connectivity index (χ0v) is 16.7. The highest BCUT2D eigenvalue weighted by Crippen LogP contribution is 2.56. The molecule has 3 heterocycles. The molecular formula is C22H25FN4O2. The molecule has 6 rings (SSSR count). The number of aromatic nitrogens is 2. The zero-order valence-electron chi connectivity index (χ0n) is 16.7. The lowest BCUT2D eigenvalue weighted by atomic mass is 9.56. The molecule has 152 valence electrons. The number of methoxy groups -OCH3 is 1. The van der Waals surface area contributed by atoms with Crippen LogP contribution in [0.2, 0.25) is 0 Å². The molecule has 2 aliphatic carbocycles. The number of piperidine rings is 2. The predicted molar refractivity (Wildman–Crippen MR) is 105 cm³/mol. The third kappa shape index (κ3) is 2.72. The second kappa shape index (κ2) is 6.45. The molecule has 2 aromatic rings. The van der Waals surface area contributed by atoms with Crippen LogP contribution in [0.4, 0.5) is 4.39 Å². The number of hydrogen-bond donors (Lipinski definition) is 1. The van der Waals surface area contributed by atoms with Crippen LogP contribution in [-0.4, -0.2) is 40.2 Å². The fraction of sp³-hybridized carbons (Fsp3) is 0.591. The summed E-state index contributed by atoms with van der Waals surface area (Å²) in [4.78, 5) is 15.3. The SMILES string of the molecule is COc1ccc2[nH]nc(C(C)CC(=O)N3C4CC5CC3CC(C#N)(C5)C4)c2c1F. The van der Waals surface area contributed by atoms with Crippen LogP contribution in [-0.2, 0) is 4.79 Å². The second-order valence-electron chi connectivity index (χ2n) is 9.17. The van der Waals surface area contributed by atoms with Crippen molar-refractivity contribution in [2.24, 2.45) is 11.3 Å². The van der Waals surface area contributed by atoms with Crippen molar-refractivity contribution in [2.45, 2.75) is 63.5 Å². The van der Waals surface area contributed by atoms with Gasteiger partial charge in [-0.1, -0.05) is 6.92 Å². The standard InChI is InChI=1S/C22H25FN4O2/c1-12(21-19-16(25-26-21)3-4-17(29-2)20(19)23)5-18(28)27-14-6-13-7-15(27)10-22(8-13,9-14)11-24/h3-4,12-15H,5-10H2,1-2H3,(H,25,26). The number of benzene rings is 1. The molecule has 3 atom stereocenters. The number of nitriles is 1. The van der Waals surface area contributed by atoms with Crippen LogP contribution in [0.15, 0.2) is 12.1 Å². The molecule has 1 N–H and O–H groups in total. The number of H-pyrrole nitrogens is 1. The van der Waals surface area contributed by atoms with Crippen molar-refractivity contribution >= 4 is 16.8 Å². The van der Waals surface area contributed by atoms with Crippen LogP contribution in [0.25, 0.3) is 10.9 Å². The lowest BCUT2D eigenvalue weighted by Gasteiger charge is -2.59. The normalized spacial score (nSPS) is 31.1. The second-order valence-corrected chi connectivity index (χ2v) is 9.17. The van der Waals surface area contributed by atoms with Crippen LogP contribution < -0.4 is 4.74 Å². The molecule has 3 unspecified atom stereocenters. The summed E-state index contributed by atoms with van der Waals surface area (Å²) in [5.41, 5.74) is 0.934. The molecule has 2 saturated carbocycles. The number of halogens is 1. The molecule has 1 aromatic carbocycles. The van der Waals surface area contributed by atoms with E-state index in [2.05, 4.69) is 16.3 Å². The summed E-state index contributed by atoms with van der Waals surface area (Å²) in [6, 6.07) is 6.22. The predicted octanol–water partition coefficient (Wildman–Crippen LogP) is 3.89. The third-order valence-corrected chi connectivity index (χ3v) is 7.28. The minimum Gasteiger partial charge on any atom is -0.494 e. The minimum atomic E-state index is -0.445. The average molecular weight is 396 g/mol. The van der Waals surface area contributed by atoms with Gasteiger partial charge in [-0.15, -0.1) is 0 Å². The molecular weight excluding hydrogens is 371 g/mol. The van der Waals surface area contributed by atoms with Gasteiger partial charge in [0.05, 0.1) is 35.2 Å². The van der Waals surface area contributed by atoms with Gasteiger partial charge < -0.3 is 9.64 Å². The largest absolute Gasteiger partial charge is 0.494 e. The summed E-state index contributed by atoms with van der Waals surface area (Å²) >= 11 is 0. The van der Waals surface area contributed by atoms with E-state index in [1.54, 1.807) is 12.1 Å². The van der Waals surface area contributed by atoms with E-state index in [1.165, 1.54) is 7.11 Å². The van der Waals surface area contributed by atoms with Crippen LogP contribution in [0.3, 0.4) is 0 Å². The Bertz CT molecular complexity index is 1010. The van der Waals surface area contributed by atoms with Crippen LogP contribution in [0, 0.1) is 28.5 Å². The molecule has 2 aliphatic heterocycles. The fourth-order valence-electron chi connectivity index (χ4n) is 6.23. The quantitative estimate of drug-likeness (QED) is 0.850. The molecule has 2 saturated heterocycles. The molecule has 0 radical (unpaired) electrons. The molecule has 1 amide bonds. The summed E-state index contributed by atoms with van der Waals surface area (Å²) in [5, 5.41) is 17.3. The van der Waals surface area contributed by atoms with E-state index in [-0.39, 0.29) is 41.5 Å². The summed E-state index contributed by atoms with van der Waals surface area (Å²) in [5.74, 6) is 0.175. The Kier molecular flexibility index (Phi) is 4.09. The molecule has 4 aliphatic rings. The number of carbonyl (C=O) groups excluding carboxylic acids is 1. The van der Waals surface area contributed by atoms with Crippen molar-refractivity contribution < 1.29 is 13.9 Å². The van der Waals surface area contributed by atoms with Gasteiger partial charge in [0.15, 0.2) is 11.6 Å². The summed E-state index contributed by atoms with van der Waals surface area (Å²) in [6.45, 7) is 1.92. The Morgan fingerprint density at radius 3 is 2.79 bits per heavy atom. The van der Waals surface area contributed by atoms with Gasteiger partial charge >= 0.3 is 0 Å². The van der Waals surface area contributed by atoms with E-state index in [0.29, 0.717) is 22.5 Å². The Labute approximate surface area is 169 Å². The highest BCUT2D eigenvalue weighted by molar-refractivity contribution is 5.85. The Morgan fingerprint density at radius 2 is 2.14 bits per heavy atom. The number of amides is 1. The topological polar surface area (TPSA) is 82.0 Å². The van der Waals surface area contributed by atoms with Crippen molar-refractivity contribution in [3.05, 3.63) is 23.6 Å². The van der Waals surface area contributed by atoms with Crippen LogP contribution in [0.5, 0.6) is 5.75 Å². The first-order chi connectivity index (χ1) is 13.9. The van der Waals surface area contributed by atoms with E-state index < -0.39 is 5.82 Å². The van der Waals surface area contributed by atoms with Gasteiger partial charge in [0.2, 0.25) is 5.91 Å².